The highest BCUT2D eigenvalue weighted by Gasteiger charge is 2.07. The van der Waals surface area contributed by atoms with Crippen LogP contribution < -0.4 is 16.4 Å². The van der Waals surface area contributed by atoms with Gasteiger partial charge in [0.2, 0.25) is 11.5 Å². The van der Waals surface area contributed by atoms with Gasteiger partial charge in [-0.15, -0.1) is 11.8 Å². The second kappa shape index (κ2) is 7.67. The largest absolute Gasteiger partial charge is 0.328 e. The van der Waals surface area contributed by atoms with E-state index in [1.165, 1.54) is 30.1 Å². The molecule has 0 unspecified atom stereocenters. The predicted octanol–water partition coefficient (Wildman–Crippen LogP) is 1.58. The Morgan fingerprint density at radius 2 is 1.82 bits per heavy atom. The molecule has 0 radical (unpaired) electrons. The van der Waals surface area contributed by atoms with Crippen LogP contribution in [0.2, 0.25) is 5.02 Å². The van der Waals surface area contributed by atoms with Gasteiger partial charge in [-0.1, -0.05) is 11.6 Å². The van der Waals surface area contributed by atoms with E-state index in [-0.39, 0.29) is 22.8 Å². The summed E-state index contributed by atoms with van der Waals surface area (Å²) in [7, 11) is 0. The molecule has 1 aromatic heterocycles. The summed E-state index contributed by atoms with van der Waals surface area (Å²) in [4.78, 5) is 37.5. The van der Waals surface area contributed by atoms with Crippen molar-refractivity contribution in [2.75, 3.05) is 5.75 Å². The zero-order valence-electron chi connectivity index (χ0n) is 11.3. The molecule has 0 saturated heterocycles. The molecule has 114 valence electrons. The monoisotopic (exact) mass is 337 g/mol. The van der Waals surface area contributed by atoms with Crippen LogP contribution in [0.25, 0.3) is 0 Å². The third kappa shape index (κ3) is 4.94. The fraction of sp³-hybridized carbons (Fsp3) is 0.0714. The van der Waals surface area contributed by atoms with E-state index in [1.807, 2.05) is 0 Å². The van der Waals surface area contributed by atoms with Crippen molar-refractivity contribution in [1.82, 2.24) is 15.8 Å². The van der Waals surface area contributed by atoms with Gasteiger partial charge < -0.3 is 4.98 Å². The van der Waals surface area contributed by atoms with Gasteiger partial charge in [0.25, 0.3) is 5.91 Å². The molecule has 0 aliphatic carbocycles. The van der Waals surface area contributed by atoms with Crippen molar-refractivity contribution in [3.8, 4) is 0 Å². The molecule has 8 heteroatoms. The van der Waals surface area contributed by atoms with E-state index >= 15 is 0 Å². The number of carbonyl (C=O) groups excluding carboxylic acids is 2. The van der Waals surface area contributed by atoms with Crippen LogP contribution in [0.3, 0.4) is 0 Å². The van der Waals surface area contributed by atoms with E-state index in [4.69, 9.17) is 11.6 Å². The lowest BCUT2D eigenvalue weighted by atomic mass is 10.3. The van der Waals surface area contributed by atoms with E-state index in [9.17, 15) is 14.4 Å². The van der Waals surface area contributed by atoms with E-state index in [1.54, 1.807) is 24.3 Å². The molecule has 3 N–H and O–H groups in total. The fourth-order valence-electron chi connectivity index (χ4n) is 1.47. The molecule has 2 aromatic rings. The molecule has 1 aromatic carbocycles. The lowest BCUT2D eigenvalue weighted by Crippen LogP contribution is -2.42. The minimum absolute atomic E-state index is 0.146. The number of rotatable bonds is 4. The van der Waals surface area contributed by atoms with Crippen molar-refractivity contribution in [3.05, 3.63) is 63.5 Å². The molecule has 1 heterocycles. The molecule has 0 bridgehead atoms. The van der Waals surface area contributed by atoms with Crippen LogP contribution in [0.15, 0.2) is 52.3 Å². The average Bonchev–Trinajstić information content (AvgIpc) is 2.52. The Morgan fingerprint density at radius 1 is 1.09 bits per heavy atom. The molecule has 22 heavy (non-hydrogen) atoms. The van der Waals surface area contributed by atoms with Crippen LogP contribution in [0.5, 0.6) is 0 Å². The van der Waals surface area contributed by atoms with Gasteiger partial charge in [0, 0.05) is 22.2 Å². The molecule has 0 atom stereocenters. The van der Waals surface area contributed by atoms with Crippen molar-refractivity contribution in [2.24, 2.45) is 0 Å². The van der Waals surface area contributed by atoms with Crippen molar-refractivity contribution in [1.29, 1.82) is 0 Å². The maximum Gasteiger partial charge on any atom is 0.271 e. The van der Waals surface area contributed by atoms with E-state index in [0.717, 1.165) is 4.90 Å². The van der Waals surface area contributed by atoms with Crippen LogP contribution in [0.1, 0.15) is 10.4 Å². The molecule has 2 amide bonds. The summed E-state index contributed by atoms with van der Waals surface area (Å²) in [6, 6.07) is 9.67. The molecule has 6 nitrogen and oxygen atoms in total. The summed E-state index contributed by atoms with van der Waals surface area (Å²) in [6.07, 6.45) is 1.27. The zero-order valence-corrected chi connectivity index (χ0v) is 12.8. The highest BCUT2D eigenvalue weighted by atomic mass is 35.5. The van der Waals surface area contributed by atoms with E-state index in [2.05, 4.69) is 15.8 Å². The van der Waals surface area contributed by atoms with Crippen LogP contribution in [-0.4, -0.2) is 22.6 Å². The van der Waals surface area contributed by atoms with Crippen molar-refractivity contribution >= 4 is 35.2 Å². The third-order valence-electron chi connectivity index (χ3n) is 2.55. The van der Waals surface area contributed by atoms with Crippen LogP contribution in [0, 0.1) is 0 Å². The lowest BCUT2D eigenvalue weighted by Gasteiger charge is -2.07. The fourth-order valence-corrected chi connectivity index (χ4v) is 2.29. The van der Waals surface area contributed by atoms with Crippen LogP contribution >= 0.6 is 23.4 Å². The first-order valence-corrected chi connectivity index (χ1v) is 7.57. The van der Waals surface area contributed by atoms with Gasteiger partial charge in [-0.05, 0) is 30.3 Å². The number of hydrazine groups is 1. The first-order valence-electron chi connectivity index (χ1n) is 6.21. The second-order valence-corrected chi connectivity index (χ2v) is 5.67. The lowest BCUT2D eigenvalue weighted by molar-refractivity contribution is -0.119. The number of hydrogen-bond acceptors (Lipinski definition) is 4. The topological polar surface area (TPSA) is 91.1 Å². The summed E-state index contributed by atoms with van der Waals surface area (Å²) in [6.45, 7) is 0. The van der Waals surface area contributed by atoms with Gasteiger partial charge >= 0.3 is 0 Å². The maximum atomic E-state index is 11.7. The average molecular weight is 338 g/mol. The SMILES string of the molecule is O=C(CSc1ccc(Cl)cc1)NNC(=O)c1ccc(=O)[nH]c1. The molecule has 0 spiro atoms. The number of aromatic nitrogens is 1. The van der Waals surface area contributed by atoms with E-state index in [0.29, 0.717) is 5.02 Å². The first-order chi connectivity index (χ1) is 10.5. The van der Waals surface area contributed by atoms with E-state index < -0.39 is 5.91 Å². The Kier molecular flexibility index (Phi) is 5.62. The number of benzene rings is 1. The Hall–Kier alpha value is -2.25. The quantitative estimate of drug-likeness (QED) is 0.583. The van der Waals surface area contributed by atoms with Crippen LogP contribution in [-0.2, 0) is 4.79 Å². The number of amides is 2. The second-order valence-electron chi connectivity index (χ2n) is 4.19. The molecule has 0 aliphatic rings. The number of hydrogen-bond donors (Lipinski definition) is 3. The first kappa shape index (κ1) is 16.1. The predicted molar refractivity (Wildman–Crippen MR) is 84.8 cm³/mol. The minimum atomic E-state index is -0.513. The Bertz CT molecular complexity index is 710. The Balaban J connectivity index is 1.77. The summed E-state index contributed by atoms with van der Waals surface area (Å²) in [5.74, 6) is -0.716. The number of thioether (sulfide) groups is 1. The van der Waals surface area contributed by atoms with Gasteiger partial charge in [-0.2, -0.15) is 0 Å². The maximum absolute atomic E-state index is 11.7. The summed E-state index contributed by atoms with van der Waals surface area (Å²) >= 11 is 7.09. The highest BCUT2D eigenvalue weighted by molar-refractivity contribution is 8.00. The minimum Gasteiger partial charge on any atom is -0.328 e. The van der Waals surface area contributed by atoms with Gasteiger partial charge in [-0.3, -0.25) is 25.2 Å². The molecule has 2 rings (SSSR count). The standard InChI is InChI=1S/C14H12ClN3O3S/c15-10-2-4-11(5-3-10)22-8-13(20)17-18-14(21)9-1-6-12(19)16-7-9/h1-7H,8H2,(H,16,19)(H,17,20)(H,18,21). The summed E-state index contributed by atoms with van der Waals surface area (Å²) < 4.78 is 0. The zero-order chi connectivity index (χ0) is 15.9. The van der Waals surface area contributed by atoms with Crippen molar-refractivity contribution in [2.45, 2.75) is 4.90 Å². The van der Waals surface area contributed by atoms with Crippen molar-refractivity contribution < 1.29 is 9.59 Å². The van der Waals surface area contributed by atoms with Gasteiger partial charge in [0.15, 0.2) is 0 Å². The molecule has 0 aliphatic heterocycles. The molecule has 0 fully saturated rings. The number of halogens is 1. The molecular formula is C14H12ClN3O3S. The smallest absolute Gasteiger partial charge is 0.271 e. The van der Waals surface area contributed by atoms with Gasteiger partial charge in [0.05, 0.1) is 11.3 Å². The normalized spacial score (nSPS) is 10.0. The van der Waals surface area contributed by atoms with Crippen LogP contribution in [0.4, 0.5) is 0 Å². The summed E-state index contributed by atoms with van der Waals surface area (Å²) in [5, 5.41) is 0.627. The van der Waals surface area contributed by atoms with Gasteiger partial charge in [-0.25, -0.2) is 0 Å². The number of carbonyl (C=O) groups is 2. The van der Waals surface area contributed by atoms with Gasteiger partial charge in [0.1, 0.15) is 0 Å². The molecular weight excluding hydrogens is 326 g/mol. The highest BCUT2D eigenvalue weighted by Crippen LogP contribution is 2.19. The summed E-state index contributed by atoms with van der Waals surface area (Å²) in [5.41, 5.74) is 4.50. The van der Waals surface area contributed by atoms with Crippen molar-refractivity contribution in [3.63, 3.8) is 0 Å². The Labute approximate surface area is 135 Å². The molecule has 0 saturated carbocycles. The number of nitrogens with one attached hydrogen (secondary N) is 3. The number of aromatic amines is 1. The third-order valence-corrected chi connectivity index (χ3v) is 3.81. The number of pyridine rings is 1. The number of H-pyrrole nitrogens is 1. The Morgan fingerprint density at radius 3 is 2.45 bits per heavy atom.